The highest BCUT2D eigenvalue weighted by atomic mass is 32.2. The van der Waals surface area contributed by atoms with E-state index in [0.717, 1.165) is 4.31 Å². The standard InChI is InChI=1S/C15H15N3O2S/c1-11-9-13(8-7-12(11)10-16)21(19,20)18(2)15-6-4-3-5-14(15)17/h3-9H,17H2,1-2H3. The first-order valence-corrected chi connectivity index (χ1v) is 7.66. The molecule has 0 unspecified atom stereocenters. The van der Waals surface area contributed by atoms with Crippen LogP contribution in [0.5, 0.6) is 0 Å². The maximum absolute atomic E-state index is 12.6. The second kappa shape index (κ2) is 5.46. The Morgan fingerprint density at radius 2 is 1.86 bits per heavy atom. The first-order chi connectivity index (χ1) is 9.87. The summed E-state index contributed by atoms with van der Waals surface area (Å²) in [6.45, 7) is 1.70. The van der Waals surface area contributed by atoms with Gasteiger partial charge in [0.2, 0.25) is 0 Å². The number of nitrogens with two attached hydrogens (primary N) is 1. The van der Waals surface area contributed by atoms with Gasteiger partial charge in [0, 0.05) is 7.05 Å². The minimum absolute atomic E-state index is 0.129. The fourth-order valence-electron chi connectivity index (χ4n) is 1.98. The number of nitrogens with zero attached hydrogens (tertiary/aromatic N) is 2. The van der Waals surface area contributed by atoms with E-state index >= 15 is 0 Å². The zero-order valence-corrected chi connectivity index (χ0v) is 12.6. The van der Waals surface area contributed by atoms with Crippen LogP contribution in [0.25, 0.3) is 0 Å². The van der Waals surface area contributed by atoms with Gasteiger partial charge in [-0.15, -0.1) is 0 Å². The summed E-state index contributed by atoms with van der Waals surface area (Å²) in [6, 6.07) is 13.2. The van der Waals surface area contributed by atoms with Gasteiger partial charge in [0.1, 0.15) is 0 Å². The van der Waals surface area contributed by atoms with Gasteiger partial charge in [-0.1, -0.05) is 12.1 Å². The van der Waals surface area contributed by atoms with Crippen LogP contribution in [0.1, 0.15) is 11.1 Å². The Morgan fingerprint density at radius 1 is 1.19 bits per heavy atom. The Labute approximate surface area is 124 Å². The largest absolute Gasteiger partial charge is 0.397 e. The maximum atomic E-state index is 12.6. The predicted octanol–water partition coefficient (Wildman–Crippen LogP) is 2.27. The Kier molecular flexibility index (Phi) is 3.87. The van der Waals surface area contributed by atoms with Crippen LogP contribution in [0, 0.1) is 18.3 Å². The topological polar surface area (TPSA) is 87.2 Å². The van der Waals surface area contributed by atoms with Gasteiger partial charge in [-0.3, -0.25) is 4.31 Å². The van der Waals surface area contributed by atoms with Crippen molar-refractivity contribution >= 4 is 21.4 Å². The van der Waals surface area contributed by atoms with E-state index in [1.54, 1.807) is 31.2 Å². The molecule has 108 valence electrons. The molecule has 0 saturated carbocycles. The van der Waals surface area contributed by atoms with E-state index in [-0.39, 0.29) is 4.90 Å². The average molecular weight is 301 g/mol. The molecule has 0 fully saturated rings. The van der Waals surface area contributed by atoms with Crippen LogP contribution < -0.4 is 10.0 Å². The molecule has 0 aliphatic rings. The number of anilines is 2. The number of nitrogen functional groups attached to an aromatic ring is 1. The maximum Gasteiger partial charge on any atom is 0.264 e. The number of benzene rings is 2. The van der Waals surface area contributed by atoms with Crippen molar-refractivity contribution in [1.82, 2.24) is 0 Å². The third kappa shape index (κ3) is 2.69. The molecule has 0 amide bonds. The lowest BCUT2D eigenvalue weighted by atomic mass is 10.1. The number of para-hydroxylation sites is 2. The smallest absolute Gasteiger partial charge is 0.264 e. The predicted molar refractivity (Wildman–Crippen MR) is 82.3 cm³/mol. The van der Waals surface area contributed by atoms with Crippen molar-refractivity contribution in [2.45, 2.75) is 11.8 Å². The fourth-order valence-corrected chi connectivity index (χ4v) is 3.29. The molecule has 0 atom stereocenters. The molecule has 6 heteroatoms. The molecule has 0 saturated heterocycles. The van der Waals surface area contributed by atoms with Crippen molar-refractivity contribution < 1.29 is 8.42 Å². The zero-order valence-electron chi connectivity index (χ0n) is 11.7. The van der Waals surface area contributed by atoms with Crippen LogP contribution in [0.15, 0.2) is 47.4 Å². The van der Waals surface area contributed by atoms with E-state index in [9.17, 15) is 8.42 Å². The summed E-state index contributed by atoms with van der Waals surface area (Å²) in [4.78, 5) is 0.129. The lowest BCUT2D eigenvalue weighted by molar-refractivity contribution is 0.594. The van der Waals surface area contributed by atoms with Crippen molar-refractivity contribution in [2.24, 2.45) is 0 Å². The third-order valence-electron chi connectivity index (χ3n) is 3.25. The normalized spacial score (nSPS) is 10.9. The average Bonchev–Trinajstić information content (AvgIpc) is 2.47. The third-order valence-corrected chi connectivity index (χ3v) is 5.02. The monoisotopic (exact) mass is 301 g/mol. The summed E-state index contributed by atoms with van der Waals surface area (Å²) >= 11 is 0. The van der Waals surface area contributed by atoms with Crippen molar-refractivity contribution in [1.29, 1.82) is 5.26 Å². The molecule has 0 spiro atoms. The number of nitriles is 1. The summed E-state index contributed by atoms with van der Waals surface area (Å²) in [5.74, 6) is 0. The second-order valence-electron chi connectivity index (χ2n) is 4.62. The number of aryl methyl sites for hydroxylation is 1. The molecule has 2 N–H and O–H groups in total. The van der Waals surface area contributed by atoms with Gasteiger partial charge in [-0.25, -0.2) is 8.42 Å². The molecule has 0 bridgehead atoms. The molecule has 0 radical (unpaired) electrons. The minimum Gasteiger partial charge on any atom is -0.397 e. The van der Waals surface area contributed by atoms with E-state index < -0.39 is 10.0 Å². The Bertz CT molecular complexity index is 823. The Balaban J connectivity index is 2.50. The van der Waals surface area contributed by atoms with Gasteiger partial charge < -0.3 is 5.73 Å². The highest BCUT2D eigenvalue weighted by molar-refractivity contribution is 7.92. The van der Waals surface area contributed by atoms with Gasteiger partial charge in [0.25, 0.3) is 10.0 Å². The van der Waals surface area contributed by atoms with Crippen molar-refractivity contribution in [3.8, 4) is 6.07 Å². The SMILES string of the molecule is Cc1cc(S(=O)(=O)N(C)c2ccccc2N)ccc1C#N. The molecule has 5 nitrogen and oxygen atoms in total. The van der Waals surface area contributed by atoms with E-state index in [0.29, 0.717) is 22.5 Å². The van der Waals surface area contributed by atoms with Crippen molar-refractivity contribution in [3.05, 3.63) is 53.6 Å². The summed E-state index contributed by atoms with van der Waals surface area (Å²) < 4.78 is 26.4. The fraction of sp³-hybridized carbons (Fsp3) is 0.133. The van der Waals surface area contributed by atoms with Gasteiger partial charge >= 0.3 is 0 Å². The van der Waals surface area contributed by atoms with Crippen LogP contribution in [-0.4, -0.2) is 15.5 Å². The van der Waals surface area contributed by atoms with Crippen LogP contribution in [0.2, 0.25) is 0 Å². The van der Waals surface area contributed by atoms with Crippen LogP contribution in [0.3, 0.4) is 0 Å². The Hall–Kier alpha value is -2.52. The summed E-state index contributed by atoms with van der Waals surface area (Å²) in [5, 5.41) is 8.91. The molecule has 0 aliphatic carbocycles. The summed E-state index contributed by atoms with van der Waals surface area (Å²) in [7, 11) is -2.27. The number of hydrogen-bond donors (Lipinski definition) is 1. The molecule has 2 aromatic carbocycles. The first kappa shape index (κ1) is 14.9. The molecule has 0 aromatic heterocycles. The van der Waals surface area contributed by atoms with Gasteiger partial charge in [0.05, 0.1) is 27.9 Å². The number of rotatable bonds is 3. The number of sulfonamides is 1. The zero-order chi connectivity index (χ0) is 15.6. The van der Waals surface area contributed by atoms with E-state index in [4.69, 9.17) is 11.0 Å². The van der Waals surface area contributed by atoms with E-state index in [1.165, 1.54) is 25.2 Å². The van der Waals surface area contributed by atoms with Gasteiger partial charge in [0.15, 0.2) is 0 Å². The van der Waals surface area contributed by atoms with Crippen molar-refractivity contribution in [3.63, 3.8) is 0 Å². The first-order valence-electron chi connectivity index (χ1n) is 6.22. The van der Waals surface area contributed by atoms with Gasteiger partial charge in [-0.2, -0.15) is 5.26 Å². The molecule has 2 rings (SSSR count). The quantitative estimate of drug-likeness (QED) is 0.881. The second-order valence-corrected chi connectivity index (χ2v) is 6.59. The Morgan fingerprint density at radius 3 is 2.43 bits per heavy atom. The molecule has 2 aromatic rings. The highest BCUT2D eigenvalue weighted by Gasteiger charge is 2.23. The molecule has 21 heavy (non-hydrogen) atoms. The number of hydrogen-bond acceptors (Lipinski definition) is 4. The lowest BCUT2D eigenvalue weighted by Gasteiger charge is -2.21. The van der Waals surface area contributed by atoms with Crippen molar-refractivity contribution in [2.75, 3.05) is 17.1 Å². The molecular formula is C15H15N3O2S. The highest BCUT2D eigenvalue weighted by Crippen LogP contribution is 2.27. The molecular weight excluding hydrogens is 286 g/mol. The summed E-state index contributed by atoms with van der Waals surface area (Å²) in [6.07, 6.45) is 0. The van der Waals surface area contributed by atoms with E-state index in [2.05, 4.69) is 0 Å². The van der Waals surface area contributed by atoms with Crippen LogP contribution in [0.4, 0.5) is 11.4 Å². The molecule has 0 heterocycles. The minimum atomic E-state index is -3.72. The van der Waals surface area contributed by atoms with Crippen LogP contribution in [-0.2, 0) is 10.0 Å². The van der Waals surface area contributed by atoms with E-state index in [1.807, 2.05) is 6.07 Å². The van der Waals surface area contributed by atoms with Crippen LogP contribution >= 0.6 is 0 Å². The lowest BCUT2D eigenvalue weighted by Crippen LogP contribution is -2.27. The summed E-state index contributed by atoms with van der Waals surface area (Å²) in [5.41, 5.74) is 7.70. The molecule has 0 aliphatic heterocycles. The van der Waals surface area contributed by atoms with Gasteiger partial charge in [-0.05, 0) is 42.8 Å².